The Morgan fingerprint density at radius 3 is 2.62 bits per heavy atom. The lowest BCUT2D eigenvalue weighted by Gasteiger charge is -2.30. The van der Waals surface area contributed by atoms with Crippen LogP contribution in [0.1, 0.15) is 25.7 Å². The summed E-state index contributed by atoms with van der Waals surface area (Å²) in [5.74, 6) is 1.29. The van der Waals surface area contributed by atoms with Gasteiger partial charge < -0.3 is 10.1 Å². The van der Waals surface area contributed by atoms with Gasteiger partial charge in [-0.25, -0.2) is 4.79 Å². The molecule has 16 heavy (non-hydrogen) atoms. The average Bonchev–Trinajstić information content (AvgIpc) is 3.12. The second-order valence-corrected chi connectivity index (χ2v) is 5.59. The molecule has 0 aromatic heterocycles. The van der Waals surface area contributed by atoms with E-state index in [9.17, 15) is 9.59 Å². The van der Waals surface area contributed by atoms with Crippen molar-refractivity contribution in [3.63, 3.8) is 0 Å². The largest absolute Gasteiger partial charge is 0.453 e. The lowest BCUT2D eigenvalue weighted by molar-refractivity contribution is -0.123. The van der Waals surface area contributed by atoms with Crippen molar-refractivity contribution in [2.45, 2.75) is 37.0 Å². The third kappa shape index (κ3) is 2.70. The van der Waals surface area contributed by atoms with E-state index in [0.29, 0.717) is 5.78 Å². The van der Waals surface area contributed by atoms with E-state index in [2.05, 4.69) is 10.1 Å². The van der Waals surface area contributed by atoms with Crippen LogP contribution in [0.4, 0.5) is 4.79 Å². The molecule has 1 saturated heterocycles. The van der Waals surface area contributed by atoms with Crippen LogP contribution >= 0.6 is 11.8 Å². The summed E-state index contributed by atoms with van der Waals surface area (Å²) < 4.78 is 4.59. The number of nitrogens with one attached hydrogen (secondary N) is 1. The zero-order chi connectivity index (χ0) is 11.5. The number of carbonyl (C=O) groups is 2. The van der Waals surface area contributed by atoms with Crippen molar-refractivity contribution in [2.24, 2.45) is 5.92 Å². The van der Waals surface area contributed by atoms with Gasteiger partial charge in [0.2, 0.25) is 0 Å². The number of ketones is 1. The lowest BCUT2D eigenvalue weighted by atomic mass is 9.81. The number of Topliss-reactive ketones (excluding diaryl/α,β-unsaturated/α-hetero) is 1. The first kappa shape index (κ1) is 11.8. The van der Waals surface area contributed by atoms with Crippen LogP contribution in [0.15, 0.2) is 0 Å². The fraction of sp³-hybridized carbons (Fsp3) is 0.818. The van der Waals surface area contributed by atoms with Crippen LogP contribution in [0.3, 0.4) is 0 Å². The Balaban J connectivity index is 1.95. The number of thioether (sulfide) groups is 1. The molecule has 0 aromatic carbocycles. The fourth-order valence-corrected chi connectivity index (χ4v) is 2.91. The Morgan fingerprint density at radius 2 is 2.00 bits per heavy atom. The van der Waals surface area contributed by atoms with Crippen molar-refractivity contribution in [3.05, 3.63) is 0 Å². The maximum absolute atomic E-state index is 12.0. The molecule has 4 nitrogen and oxygen atoms in total. The molecular formula is C11H17NO3S. The van der Waals surface area contributed by atoms with Crippen molar-refractivity contribution in [2.75, 3.05) is 12.9 Å². The monoisotopic (exact) mass is 243 g/mol. The molecule has 0 radical (unpaired) electrons. The molecular weight excluding hydrogens is 226 g/mol. The summed E-state index contributed by atoms with van der Waals surface area (Å²) in [7, 11) is 1.35. The van der Waals surface area contributed by atoms with Gasteiger partial charge in [0.05, 0.1) is 12.4 Å². The number of hydrogen-bond acceptors (Lipinski definition) is 4. The van der Waals surface area contributed by atoms with E-state index < -0.39 is 6.09 Å². The van der Waals surface area contributed by atoms with E-state index in [4.69, 9.17) is 0 Å². The normalized spacial score (nSPS) is 32.9. The SMILES string of the molecule is COC(=O)N[C@@H]1CCCC[C@@H]1C(=O)C1CS1. The van der Waals surface area contributed by atoms with Gasteiger partial charge in [0.1, 0.15) is 0 Å². The molecule has 1 heterocycles. The molecule has 1 aliphatic carbocycles. The minimum absolute atomic E-state index is 0.00727. The Labute approximate surface area is 99.5 Å². The van der Waals surface area contributed by atoms with E-state index in [-0.39, 0.29) is 17.2 Å². The van der Waals surface area contributed by atoms with Crippen LogP contribution in [0, 0.1) is 5.92 Å². The Bertz CT molecular complexity index is 291. The maximum atomic E-state index is 12.0. The van der Waals surface area contributed by atoms with Gasteiger partial charge in [0.25, 0.3) is 0 Å². The molecule has 90 valence electrons. The van der Waals surface area contributed by atoms with E-state index in [0.717, 1.165) is 31.4 Å². The summed E-state index contributed by atoms with van der Waals surface area (Å²) in [6.07, 6.45) is 3.55. The number of amides is 1. The number of hydrogen-bond donors (Lipinski definition) is 1. The molecule has 1 unspecified atom stereocenters. The van der Waals surface area contributed by atoms with Gasteiger partial charge in [-0.05, 0) is 12.8 Å². The number of alkyl carbamates (subject to hydrolysis) is 1. The van der Waals surface area contributed by atoms with Crippen LogP contribution in [0.2, 0.25) is 0 Å². The zero-order valence-electron chi connectivity index (χ0n) is 9.40. The highest BCUT2D eigenvalue weighted by molar-refractivity contribution is 8.07. The van der Waals surface area contributed by atoms with E-state index in [1.165, 1.54) is 7.11 Å². The summed E-state index contributed by atoms with van der Waals surface area (Å²) in [5.41, 5.74) is 0. The van der Waals surface area contributed by atoms with Gasteiger partial charge in [-0.2, -0.15) is 0 Å². The van der Waals surface area contributed by atoms with Crippen molar-refractivity contribution in [1.82, 2.24) is 5.32 Å². The van der Waals surface area contributed by atoms with Gasteiger partial charge in [-0.1, -0.05) is 12.8 Å². The summed E-state index contributed by atoms with van der Waals surface area (Å²) in [6.45, 7) is 0. The molecule has 0 aromatic rings. The van der Waals surface area contributed by atoms with Gasteiger partial charge in [-0.3, -0.25) is 4.79 Å². The van der Waals surface area contributed by atoms with Crippen molar-refractivity contribution < 1.29 is 14.3 Å². The molecule has 1 N–H and O–H groups in total. The van der Waals surface area contributed by atoms with Crippen LogP contribution in [-0.4, -0.2) is 36.0 Å². The third-order valence-corrected chi connectivity index (χ3v) is 4.17. The van der Waals surface area contributed by atoms with Crippen LogP contribution in [0.5, 0.6) is 0 Å². The highest BCUT2D eigenvalue weighted by Gasteiger charge is 2.40. The molecule has 0 spiro atoms. The molecule has 2 rings (SSSR count). The average molecular weight is 243 g/mol. The molecule has 1 saturated carbocycles. The van der Waals surface area contributed by atoms with Crippen molar-refractivity contribution in [3.8, 4) is 0 Å². The number of ether oxygens (including phenoxy) is 1. The van der Waals surface area contributed by atoms with E-state index in [1.807, 2.05) is 0 Å². The Hall–Kier alpha value is -0.710. The molecule has 1 amide bonds. The van der Waals surface area contributed by atoms with Crippen molar-refractivity contribution >= 4 is 23.6 Å². The predicted octanol–water partition coefficient (Wildman–Crippen LogP) is 1.59. The Kier molecular flexibility index (Phi) is 3.74. The minimum Gasteiger partial charge on any atom is -0.453 e. The molecule has 2 aliphatic rings. The number of methoxy groups -OCH3 is 1. The van der Waals surface area contributed by atoms with Crippen molar-refractivity contribution in [1.29, 1.82) is 0 Å². The number of carbonyl (C=O) groups excluding carboxylic acids is 2. The fourth-order valence-electron chi connectivity index (χ4n) is 2.31. The summed E-state index contributed by atoms with van der Waals surface area (Å²) in [5, 5.41) is 2.99. The quantitative estimate of drug-likeness (QED) is 0.765. The minimum atomic E-state index is -0.423. The summed E-state index contributed by atoms with van der Waals surface area (Å²) >= 11 is 1.70. The second-order valence-electron chi connectivity index (χ2n) is 4.36. The predicted molar refractivity (Wildman–Crippen MR) is 62.5 cm³/mol. The number of rotatable bonds is 3. The van der Waals surface area contributed by atoms with E-state index >= 15 is 0 Å². The molecule has 1 aliphatic heterocycles. The molecule has 3 atom stereocenters. The molecule has 0 bridgehead atoms. The molecule has 2 fully saturated rings. The lowest BCUT2D eigenvalue weighted by Crippen LogP contribution is -2.46. The van der Waals surface area contributed by atoms with Crippen LogP contribution < -0.4 is 5.32 Å². The zero-order valence-corrected chi connectivity index (χ0v) is 10.2. The van der Waals surface area contributed by atoms with Gasteiger partial charge >= 0.3 is 6.09 Å². The highest BCUT2D eigenvalue weighted by Crippen LogP contribution is 2.37. The van der Waals surface area contributed by atoms with Gasteiger partial charge in [0, 0.05) is 17.7 Å². The summed E-state index contributed by atoms with van der Waals surface area (Å²) in [6, 6.07) is -0.0186. The van der Waals surface area contributed by atoms with Crippen LogP contribution in [-0.2, 0) is 9.53 Å². The first-order valence-corrected chi connectivity index (χ1v) is 6.77. The van der Waals surface area contributed by atoms with Gasteiger partial charge in [-0.15, -0.1) is 11.8 Å². The van der Waals surface area contributed by atoms with E-state index in [1.54, 1.807) is 11.8 Å². The topological polar surface area (TPSA) is 55.4 Å². The molecule has 5 heteroatoms. The standard InChI is InChI=1S/C11H17NO3S/c1-15-11(14)12-8-5-3-2-4-7(8)10(13)9-6-16-9/h7-9H,2-6H2,1H3,(H,12,14)/t7-,8+,9?/m0/s1. The van der Waals surface area contributed by atoms with Crippen LogP contribution in [0.25, 0.3) is 0 Å². The smallest absolute Gasteiger partial charge is 0.407 e. The first-order chi connectivity index (χ1) is 7.72. The maximum Gasteiger partial charge on any atom is 0.407 e. The Morgan fingerprint density at radius 1 is 1.31 bits per heavy atom. The van der Waals surface area contributed by atoms with Gasteiger partial charge in [0.15, 0.2) is 5.78 Å². The first-order valence-electron chi connectivity index (χ1n) is 5.72. The summed E-state index contributed by atoms with van der Waals surface area (Å²) in [4.78, 5) is 23.2. The third-order valence-electron chi connectivity index (χ3n) is 3.27. The highest BCUT2D eigenvalue weighted by atomic mass is 32.2. The second kappa shape index (κ2) is 5.08.